The molecule has 0 spiro atoms. The van der Waals surface area contributed by atoms with Crippen molar-refractivity contribution in [3.63, 3.8) is 0 Å². The van der Waals surface area contributed by atoms with Gasteiger partial charge in [0.15, 0.2) is 5.65 Å². The number of rotatable bonds is 2. The Kier molecular flexibility index (Phi) is 2.76. The summed E-state index contributed by atoms with van der Waals surface area (Å²) >= 11 is 0. The zero-order valence-electron chi connectivity index (χ0n) is 11.4. The SMILES string of the molecule is FC(F)(F)c1nc(-c2nc3cccnn3c2C2=CNCN2)n[nH]1. The quantitative estimate of drug-likeness (QED) is 0.651. The third-order valence-corrected chi connectivity index (χ3v) is 3.24. The van der Waals surface area contributed by atoms with Crippen molar-refractivity contribution in [2.24, 2.45) is 0 Å². The minimum Gasteiger partial charge on any atom is -0.372 e. The minimum atomic E-state index is -4.60. The highest BCUT2D eigenvalue weighted by atomic mass is 19.4. The number of alkyl halides is 3. The van der Waals surface area contributed by atoms with Crippen LogP contribution in [-0.4, -0.2) is 36.4 Å². The minimum absolute atomic E-state index is 0.146. The van der Waals surface area contributed by atoms with Crippen LogP contribution in [0.4, 0.5) is 13.2 Å². The molecule has 3 aromatic heterocycles. The Morgan fingerprint density at radius 2 is 2.09 bits per heavy atom. The lowest BCUT2D eigenvalue weighted by Gasteiger charge is -2.03. The average molecular weight is 322 g/mol. The molecule has 3 aromatic rings. The molecule has 0 aromatic carbocycles. The van der Waals surface area contributed by atoms with Gasteiger partial charge in [0.2, 0.25) is 11.6 Å². The maximum Gasteiger partial charge on any atom is 0.451 e. The summed E-state index contributed by atoms with van der Waals surface area (Å²) in [7, 11) is 0. The van der Waals surface area contributed by atoms with Crippen molar-refractivity contribution in [3.8, 4) is 11.5 Å². The third-order valence-electron chi connectivity index (χ3n) is 3.24. The second kappa shape index (κ2) is 4.69. The van der Waals surface area contributed by atoms with Crippen LogP contribution in [0.25, 0.3) is 22.9 Å². The normalized spacial score (nSPS) is 14.7. The van der Waals surface area contributed by atoms with E-state index in [0.29, 0.717) is 23.7 Å². The van der Waals surface area contributed by atoms with E-state index < -0.39 is 12.0 Å². The topological polar surface area (TPSA) is 95.8 Å². The van der Waals surface area contributed by atoms with E-state index >= 15 is 0 Å². The number of nitrogens with one attached hydrogen (secondary N) is 3. The Labute approximate surface area is 126 Å². The van der Waals surface area contributed by atoms with Gasteiger partial charge in [0, 0.05) is 12.4 Å². The maximum atomic E-state index is 12.7. The average Bonchev–Trinajstić information content (AvgIpc) is 3.24. The fraction of sp³-hybridized carbons (Fsp3) is 0.167. The molecule has 3 N–H and O–H groups in total. The summed E-state index contributed by atoms with van der Waals surface area (Å²) in [5, 5.41) is 15.7. The number of hydrogen-bond donors (Lipinski definition) is 3. The van der Waals surface area contributed by atoms with Gasteiger partial charge in [0.05, 0.1) is 12.4 Å². The van der Waals surface area contributed by atoms with Gasteiger partial charge in [-0.25, -0.2) is 14.5 Å². The van der Waals surface area contributed by atoms with Crippen LogP contribution in [0.1, 0.15) is 11.5 Å². The second-order valence-electron chi connectivity index (χ2n) is 4.72. The van der Waals surface area contributed by atoms with Crippen LogP contribution in [0, 0.1) is 0 Å². The molecule has 11 heteroatoms. The molecule has 0 amide bonds. The molecule has 0 bridgehead atoms. The fourth-order valence-corrected chi connectivity index (χ4v) is 2.28. The van der Waals surface area contributed by atoms with Crippen molar-refractivity contribution in [1.29, 1.82) is 0 Å². The van der Waals surface area contributed by atoms with Crippen LogP contribution in [0.3, 0.4) is 0 Å². The Morgan fingerprint density at radius 1 is 1.22 bits per heavy atom. The summed E-state index contributed by atoms with van der Waals surface area (Å²) < 4.78 is 39.7. The van der Waals surface area contributed by atoms with E-state index in [4.69, 9.17) is 0 Å². The number of fused-ring (bicyclic) bond motifs is 1. The van der Waals surface area contributed by atoms with E-state index in [2.05, 4.69) is 30.8 Å². The van der Waals surface area contributed by atoms with Crippen molar-refractivity contribution in [2.75, 3.05) is 6.67 Å². The molecule has 118 valence electrons. The lowest BCUT2D eigenvalue weighted by molar-refractivity contribution is -0.144. The Hall–Kier alpha value is -3.11. The third kappa shape index (κ3) is 2.17. The molecule has 23 heavy (non-hydrogen) atoms. The number of H-pyrrole nitrogens is 1. The van der Waals surface area contributed by atoms with E-state index in [1.807, 2.05) is 5.10 Å². The highest BCUT2D eigenvalue weighted by Crippen LogP contribution is 2.30. The van der Waals surface area contributed by atoms with Gasteiger partial charge in [-0.2, -0.15) is 23.4 Å². The summed E-state index contributed by atoms with van der Waals surface area (Å²) in [6, 6.07) is 3.38. The molecule has 4 rings (SSSR count). The molecule has 0 saturated carbocycles. The van der Waals surface area contributed by atoms with Crippen LogP contribution in [0.5, 0.6) is 0 Å². The van der Waals surface area contributed by atoms with Crippen molar-refractivity contribution >= 4 is 11.3 Å². The summed E-state index contributed by atoms with van der Waals surface area (Å²) in [5.41, 5.74) is 1.81. The first-order chi connectivity index (χ1) is 11.0. The van der Waals surface area contributed by atoms with Crippen molar-refractivity contribution in [3.05, 3.63) is 36.0 Å². The maximum absolute atomic E-state index is 12.7. The lowest BCUT2D eigenvalue weighted by Crippen LogP contribution is -2.15. The van der Waals surface area contributed by atoms with Gasteiger partial charge < -0.3 is 10.6 Å². The number of aromatic amines is 1. The first kappa shape index (κ1) is 13.5. The van der Waals surface area contributed by atoms with Crippen LogP contribution >= 0.6 is 0 Å². The van der Waals surface area contributed by atoms with Gasteiger partial charge in [-0.05, 0) is 12.1 Å². The highest BCUT2D eigenvalue weighted by Gasteiger charge is 2.36. The van der Waals surface area contributed by atoms with Crippen LogP contribution in [-0.2, 0) is 6.18 Å². The highest BCUT2D eigenvalue weighted by molar-refractivity contribution is 5.77. The number of nitrogens with zero attached hydrogens (tertiary/aromatic N) is 5. The van der Waals surface area contributed by atoms with Gasteiger partial charge in [-0.15, -0.1) is 0 Å². The second-order valence-corrected chi connectivity index (χ2v) is 4.72. The van der Waals surface area contributed by atoms with Gasteiger partial charge in [0.25, 0.3) is 0 Å². The van der Waals surface area contributed by atoms with E-state index in [-0.39, 0.29) is 11.5 Å². The predicted octanol–water partition coefficient (Wildman–Crippen LogP) is 0.982. The molecule has 0 unspecified atom stereocenters. The first-order valence-electron chi connectivity index (χ1n) is 6.55. The van der Waals surface area contributed by atoms with Gasteiger partial charge >= 0.3 is 6.18 Å². The first-order valence-corrected chi connectivity index (χ1v) is 6.55. The largest absolute Gasteiger partial charge is 0.451 e. The zero-order valence-corrected chi connectivity index (χ0v) is 11.4. The molecule has 1 aliphatic heterocycles. The summed E-state index contributed by atoms with van der Waals surface area (Å²) in [6.07, 6.45) is -1.35. The van der Waals surface area contributed by atoms with E-state index in [9.17, 15) is 13.2 Å². The van der Waals surface area contributed by atoms with E-state index in [1.165, 1.54) is 4.52 Å². The molecule has 0 saturated heterocycles. The molecule has 4 heterocycles. The number of halogens is 3. The Bertz CT molecular complexity index is 907. The standard InChI is InChI=1S/C12H9F3N8/c13-12(14,15)11-20-10(21-22-11)8-9(6-4-16-5-17-6)23-7(19-8)2-1-3-18-23/h1-4,16-17H,5H2,(H,20,21,22). The Morgan fingerprint density at radius 3 is 2.78 bits per heavy atom. The molecule has 0 atom stereocenters. The number of imidazole rings is 1. The summed E-state index contributed by atoms with van der Waals surface area (Å²) in [4.78, 5) is 7.81. The summed E-state index contributed by atoms with van der Waals surface area (Å²) in [5.74, 6) is -1.32. The Balaban J connectivity index is 1.92. The van der Waals surface area contributed by atoms with Crippen LogP contribution in [0.15, 0.2) is 24.5 Å². The van der Waals surface area contributed by atoms with Crippen molar-refractivity contribution in [2.45, 2.75) is 6.18 Å². The van der Waals surface area contributed by atoms with Crippen molar-refractivity contribution < 1.29 is 13.2 Å². The molecule has 8 nitrogen and oxygen atoms in total. The molecule has 0 aliphatic carbocycles. The van der Waals surface area contributed by atoms with Crippen LogP contribution < -0.4 is 10.6 Å². The smallest absolute Gasteiger partial charge is 0.372 e. The molecule has 0 radical (unpaired) electrons. The molecular weight excluding hydrogens is 313 g/mol. The van der Waals surface area contributed by atoms with Gasteiger partial charge in [0.1, 0.15) is 11.4 Å². The van der Waals surface area contributed by atoms with Gasteiger partial charge in [-0.3, -0.25) is 5.10 Å². The van der Waals surface area contributed by atoms with E-state index in [1.54, 1.807) is 24.5 Å². The molecule has 0 fully saturated rings. The van der Waals surface area contributed by atoms with Crippen LogP contribution in [0.2, 0.25) is 0 Å². The monoisotopic (exact) mass is 322 g/mol. The fourth-order valence-electron chi connectivity index (χ4n) is 2.28. The predicted molar refractivity (Wildman–Crippen MR) is 72.5 cm³/mol. The van der Waals surface area contributed by atoms with E-state index in [0.717, 1.165) is 0 Å². The number of hydrogen-bond acceptors (Lipinski definition) is 6. The van der Waals surface area contributed by atoms with Crippen molar-refractivity contribution in [1.82, 2.24) is 40.4 Å². The summed E-state index contributed by atoms with van der Waals surface area (Å²) in [6.45, 7) is 0.497. The number of aromatic nitrogens is 6. The molecule has 1 aliphatic rings. The zero-order chi connectivity index (χ0) is 16.0. The van der Waals surface area contributed by atoms with Gasteiger partial charge in [-0.1, -0.05) is 0 Å². The lowest BCUT2D eigenvalue weighted by atomic mass is 10.2. The molecular formula is C12H9F3N8.